The first-order valence-corrected chi connectivity index (χ1v) is 10.4. The van der Waals surface area contributed by atoms with E-state index in [0.717, 1.165) is 29.7 Å². The standard InChI is InChI=1S/C24H26N2O4/c1-2-3-19-21(29-14-16-4-5-16)11-8-17-12-20(24(28)30-22(17)19)23(27)26-18-9-6-15(13-25)7-10-18/h6-12,16H,2-5,13-14,25H2,1H3,(H,26,27). The zero-order valence-electron chi connectivity index (χ0n) is 17.1. The van der Waals surface area contributed by atoms with Crippen LogP contribution in [0.2, 0.25) is 0 Å². The van der Waals surface area contributed by atoms with Crippen LogP contribution in [0.15, 0.2) is 51.7 Å². The number of ether oxygens (including phenoxy) is 1. The topological polar surface area (TPSA) is 94.6 Å². The number of aryl methyl sites for hydroxylation is 1. The molecule has 3 N–H and O–H groups in total. The van der Waals surface area contributed by atoms with Crippen LogP contribution < -0.4 is 21.4 Å². The molecule has 1 amide bonds. The summed E-state index contributed by atoms with van der Waals surface area (Å²) >= 11 is 0. The van der Waals surface area contributed by atoms with E-state index in [1.807, 2.05) is 24.3 Å². The maximum atomic E-state index is 12.7. The number of carbonyl (C=O) groups is 1. The van der Waals surface area contributed by atoms with Gasteiger partial charge in [0, 0.05) is 23.2 Å². The van der Waals surface area contributed by atoms with Crippen molar-refractivity contribution in [1.29, 1.82) is 0 Å². The molecule has 4 rings (SSSR count). The van der Waals surface area contributed by atoms with Gasteiger partial charge in [-0.15, -0.1) is 0 Å². The van der Waals surface area contributed by atoms with Gasteiger partial charge in [-0.2, -0.15) is 0 Å². The maximum absolute atomic E-state index is 12.7. The highest BCUT2D eigenvalue weighted by molar-refractivity contribution is 6.05. The molecule has 0 atom stereocenters. The number of fused-ring (bicyclic) bond motifs is 1. The fourth-order valence-corrected chi connectivity index (χ4v) is 3.42. The molecule has 156 valence electrons. The number of carbonyl (C=O) groups excluding carboxylic acids is 1. The second kappa shape index (κ2) is 8.71. The number of anilines is 1. The summed E-state index contributed by atoms with van der Waals surface area (Å²) in [5.41, 5.74) is 7.85. The summed E-state index contributed by atoms with van der Waals surface area (Å²) in [5.74, 6) is 0.890. The van der Waals surface area contributed by atoms with Crippen molar-refractivity contribution in [3.63, 3.8) is 0 Å². The van der Waals surface area contributed by atoms with E-state index in [1.54, 1.807) is 18.2 Å². The van der Waals surface area contributed by atoms with Gasteiger partial charge in [0.25, 0.3) is 5.91 Å². The first-order valence-electron chi connectivity index (χ1n) is 10.4. The molecule has 1 heterocycles. The normalized spacial score (nSPS) is 13.4. The molecule has 1 aromatic heterocycles. The Labute approximate surface area is 175 Å². The zero-order chi connectivity index (χ0) is 21.1. The third-order valence-corrected chi connectivity index (χ3v) is 5.33. The van der Waals surface area contributed by atoms with Crippen LogP contribution in [0.3, 0.4) is 0 Å². The predicted octanol–water partition coefficient (Wildman–Crippen LogP) is 4.25. The van der Waals surface area contributed by atoms with Crippen LogP contribution in [0.1, 0.15) is 47.7 Å². The number of hydrogen-bond donors (Lipinski definition) is 2. The fraction of sp³-hybridized carbons (Fsp3) is 0.333. The SMILES string of the molecule is CCCc1c(OCC2CC2)ccc2cc(C(=O)Nc3ccc(CN)cc3)c(=O)oc12. The monoisotopic (exact) mass is 406 g/mol. The first kappa shape index (κ1) is 20.2. The van der Waals surface area contributed by atoms with Crippen molar-refractivity contribution in [2.24, 2.45) is 11.7 Å². The Morgan fingerprint density at radius 3 is 2.63 bits per heavy atom. The van der Waals surface area contributed by atoms with Crippen molar-refractivity contribution < 1.29 is 13.9 Å². The van der Waals surface area contributed by atoms with Crippen LogP contribution >= 0.6 is 0 Å². The van der Waals surface area contributed by atoms with Crippen molar-refractivity contribution in [2.45, 2.75) is 39.2 Å². The second-order valence-electron chi connectivity index (χ2n) is 7.77. The van der Waals surface area contributed by atoms with Gasteiger partial charge >= 0.3 is 5.63 Å². The molecule has 1 aliphatic carbocycles. The zero-order valence-corrected chi connectivity index (χ0v) is 17.1. The summed E-state index contributed by atoms with van der Waals surface area (Å²) in [7, 11) is 0. The van der Waals surface area contributed by atoms with E-state index in [2.05, 4.69) is 12.2 Å². The van der Waals surface area contributed by atoms with Crippen LogP contribution in [-0.2, 0) is 13.0 Å². The van der Waals surface area contributed by atoms with Crippen molar-refractivity contribution in [2.75, 3.05) is 11.9 Å². The van der Waals surface area contributed by atoms with Gasteiger partial charge in [0.1, 0.15) is 16.9 Å². The van der Waals surface area contributed by atoms with Gasteiger partial charge in [0.2, 0.25) is 0 Å². The van der Waals surface area contributed by atoms with Crippen molar-refractivity contribution in [3.8, 4) is 5.75 Å². The molecule has 0 saturated heterocycles. The Balaban J connectivity index is 1.64. The van der Waals surface area contributed by atoms with E-state index in [4.69, 9.17) is 14.9 Å². The molecule has 0 aliphatic heterocycles. The number of rotatable bonds is 8. The second-order valence-corrected chi connectivity index (χ2v) is 7.77. The highest BCUT2D eigenvalue weighted by Gasteiger charge is 2.23. The lowest BCUT2D eigenvalue weighted by molar-refractivity contribution is 0.102. The summed E-state index contributed by atoms with van der Waals surface area (Å²) in [4.78, 5) is 25.3. The van der Waals surface area contributed by atoms with E-state index >= 15 is 0 Å². The average Bonchev–Trinajstić information content (AvgIpc) is 3.58. The third-order valence-electron chi connectivity index (χ3n) is 5.33. The lowest BCUT2D eigenvalue weighted by atomic mass is 10.0. The Morgan fingerprint density at radius 2 is 1.97 bits per heavy atom. The Morgan fingerprint density at radius 1 is 1.20 bits per heavy atom. The van der Waals surface area contributed by atoms with Crippen molar-refractivity contribution in [3.05, 3.63) is 69.6 Å². The first-order chi connectivity index (χ1) is 14.6. The number of nitrogens with one attached hydrogen (secondary N) is 1. The van der Waals surface area contributed by atoms with Crippen molar-refractivity contribution >= 4 is 22.6 Å². The molecule has 6 nitrogen and oxygen atoms in total. The lowest BCUT2D eigenvalue weighted by Gasteiger charge is -2.13. The lowest BCUT2D eigenvalue weighted by Crippen LogP contribution is -2.21. The fourth-order valence-electron chi connectivity index (χ4n) is 3.42. The molecular formula is C24H26N2O4. The van der Waals surface area contributed by atoms with Crippen LogP contribution in [0.5, 0.6) is 5.75 Å². The minimum Gasteiger partial charge on any atom is -0.493 e. The van der Waals surface area contributed by atoms with E-state index in [1.165, 1.54) is 12.8 Å². The van der Waals surface area contributed by atoms with Crippen LogP contribution in [-0.4, -0.2) is 12.5 Å². The molecule has 1 fully saturated rings. The molecule has 30 heavy (non-hydrogen) atoms. The largest absolute Gasteiger partial charge is 0.493 e. The highest BCUT2D eigenvalue weighted by atomic mass is 16.5. The van der Waals surface area contributed by atoms with E-state index < -0.39 is 11.5 Å². The van der Waals surface area contributed by atoms with Crippen LogP contribution in [0, 0.1) is 5.92 Å². The molecule has 0 radical (unpaired) electrons. The maximum Gasteiger partial charge on any atom is 0.349 e. The average molecular weight is 406 g/mol. The Bertz CT molecular complexity index is 1110. The third kappa shape index (κ3) is 4.39. The molecule has 0 bridgehead atoms. The summed E-state index contributed by atoms with van der Waals surface area (Å²) in [5, 5.41) is 3.45. The molecule has 1 saturated carbocycles. The van der Waals surface area contributed by atoms with Crippen LogP contribution in [0.25, 0.3) is 11.0 Å². The minimum absolute atomic E-state index is 0.0282. The summed E-state index contributed by atoms with van der Waals surface area (Å²) < 4.78 is 11.6. The predicted molar refractivity (Wildman–Crippen MR) is 117 cm³/mol. The number of hydrogen-bond acceptors (Lipinski definition) is 5. The van der Waals surface area contributed by atoms with Gasteiger partial charge < -0.3 is 20.2 Å². The number of amides is 1. The Kier molecular flexibility index (Phi) is 5.86. The van der Waals surface area contributed by atoms with Gasteiger partial charge in [-0.25, -0.2) is 4.79 Å². The van der Waals surface area contributed by atoms with Gasteiger partial charge in [0.05, 0.1) is 6.61 Å². The number of benzene rings is 2. The van der Waals surface area contributed by atoms with E-state index in [9.17, 15) is 9.59 Å². The molecule has 0 unspecified atom stereocenters. The summed E-state index contributed by atoms with van der Waals surface area (Å²) in [6.45, 7) is 3.18. The molecule has 3 aromatic rings. The number of nitrogens with two attached hydrogens (primary N) is 1. The van der Waals surface area contributed by atoms with E-state index in [-0.39, 0.29) is 5.56 Å². The highest BCUT2D eigenvalue weighted by Crippen LogP contribution is 2.33. The van der Waals surface area contributed by atoms with Gasteiger partial charge in [-0.05, 0) is 61.1 Å². The van der Waals surface area contributed by atoms with Crippen molar-refractivity contribution in [1.82, 2.24) is 0 Å². The van der Waals surface area contributed by atoms with E-state index in [0.29, 0.717) is 35.7 Å². The van der Waals surface area contributed by atoms with Gasteiger partial charge in [0.15, 0.2) is 0 Å². The molecule has 0 spiro atoms. The quantitative estimate of drug-likeness (QED) is 0.546. The van der Waals surface area contributed by atoms with Crippen LogP contribution in [0.4, 0.5) is 5.69 Å². The molecule has 2 aromatic carbocycles. The Hall–Kier alpha value is -3.12. The molecule has 1 aliphatic rings. The summed E-state index contributed by atoms with van der Waals surface area (Å²) in [6, 6.07) is 12.5. The smallest absolute Gasteiger partial charge is 0.349 e. The minimum atomic E-state index is -0.657. The molecule has 6 heteroatoms. The molecular weight excluding hydrogens is 380 g/mol. The summed E-state index contributed by atoms with van der Waals surface area (Å²) in [6.07, 6.45) is 4.04. The van der Waals surface area contributed by atoms with Gasteiger partial charge in [-0.1, -0.05) is 25.5 Å². The van der Waals surface area contributed by atoms with Gasteiger partial charge in [-0.3, -0.25) is 4.79 Å².